The van der Waals surface area contributed by atoms with E-state index in [-0.39, 0.29) is 0 Å². The minimum atomic E-state index is 0.882. The van der Waals surface area contributed by atoms with Crippen molar-refractivity contribution in [2.45, 2.75) is 0 Å². The molecule has 0 saturated carbocycles. The third-order valence-electron chi connectivity index (χ3n) is 4.81. The van der Waals surface area contributed by atoms with Crippen molar-refractivity contribution in [3.63, 3.8) is 0 Å². The van der Waals surface area contributed by atoms with Crippen LogP contribution in [0.4, 0.5) is 5.82 Å². The average Bonchev–Trinajstić information content (AvgIpc) is 3.12. The molecule has 4 heteroatoms. The molecule has 0 bridgehead atoms. The topological polar surface area (TPSA) is 41.3 Å². The monoisotopic (exact) mass is 329 g/mol. The molecule has 1 saturated heterocycles. The summed E-state index contributed by atoms with van der Waals surface area (Å²) >= 11 is 0. The number of piperazine rings is 1. The molecule has 4 nitrogen and oxygen atoms in total. The van der Waals surface area contributed by atoms with Gasteiger partial charge in [-0.1, -0.05) is 36.4 Å². The van der Waals surface area contributed by atoms with Crippen molar-refractivity contribution in [2.24, 2.45) is 0 Å². The molecule has 0 amide bonds. The fourth-order valence-corrected chi connectivity index (χ4v) is 3.52. The van der Waals surface area contributed by atoms with Crippen molar-refractivity contribution >= 4 is 27.7 Å². The number of nitrogens with one attached hydrogen (secondary N) is 1. The molecule has 0 spiro atoms. The van der Waals surface area contributed by atoms with E-state index in [1.54, 1.807) is 0 Å². The number of pyridine rings is 1. The molecule has 0 unspecified atom stereocenters. The van der Waals surface area contributed by atoms with Crippen LogP contribution in [0.15, 0.2) is 65.1 Å². The number of fused-ring (bicyclic) bond motifs is 2. The smallest absolute Gasteiger partial charge is 0.140 e. The van der Waals surface area contributed by atoms with Gasteiger partial charge in [-0.3, -0.25) is 0 Å². The second-order valence-electron chi connectivity index (χ2n) is 6.44. The molecule has 0 aliphatic carbocycles. The van der Waals surface area contributed by atoms with Crippen LogP contribution in [0.5, 0.6) is 0 Å². The Bertz CT molecular complexity index is 1010. The van der Waals surface area contributed by atoms with Crippen LogP contribution in [0.3, 0.4) is 0 Å². The molecule has 5 rings (SSSR count). The van der Waals surface area contributed by atoms with Crippen molar-refractivity contribution in [2.75, 3.05) is 31.1 Å². The minimum Gasteiger partial charge on any atom is -0.456 e. The maximum atomic E-state index is 6.15. The molecule has 124 valence electrons. The highest BCUT2D eigenvalue weighted by Gasteiger charge is 2.20. The summed E-state index contributed by atoms with van der Waals surface area (Å²) in [6.45, 7) is 3.87. The minimum absolute atomic E-state index is 0.882. The number of aromatic nitrogens is 1. The fraction of sp³-hybridized carbons (Fsp3) is 0.190. The van der Waals surface area contributed by atoms with Crippen molar-refractivity contribution in [3.8, 4) is 11.3 Å². The molecule has 3 heterocycles. The molecule has 2 aromatic carbocycles. The number of para-hydroxylation sites is 2. The van der Waals surface area contributed by atoms with E-state index >= 15 is 0 Å². The zero-order valence-electron chi connectivity index (χ0n) is 13.9. The van der Waals surface area contributed by atoms with Gasteiger partial charge in [-0.15, -0.1) is 0 Å². The van der Waals surface area contributed by atoms with Gasteiger partial charge in [0.2, 0.25) is 0 Å². The van der Waals surface area contributed by atoms with E-state index in [0.717, 1.165) is 65.2 Å². The lowest BCUT2D eigenvalue weighted by Gasteiger charge is -2.30. The summed E-state index contributed by atoms with van der Waals surface area (Å²) in [7, 11) is 0. The predicted molar refractivity (Wildman–Crippen MR) is 102 cm³/mol. The summed E-state index contributed by atoms with van der Waals surface area (Å²) in [5, 5.41) is 5.67. The maximum Gasteiger partial charge on any atom is 0.140 e. The first-order valence-corrected chi connectivity index (χ1v) is 8.73. The molecular formula is C21H19N3O. The number of furan rings is 1. The van der Waals surface area contributed by atoms with Crippen LogP contribution in [0.1, 0.15) is 0 Å². The van der Waals surface area contributed by atoms with E-state index in [1.807, 2.05) is 24.3 Å². The fourth-order valence-electron chi connectivity index (χ4n) is 3.52. The van der Waals surface area contributed by atoms with E-state index in [1.165, 1.54) is 0 Å². The lowest BCUT2D eigenvalue weighted by molar-refractivity contribution is 0.584. The van der Waals surface area contributed by atoms with E-state index in [9.17, 15) is 0 Å². The Morgan fingerprint density at radius 1 is 0.880 bits per heavy atom. The molecule has 1 N–H and O–H groups in total. The Kier molecular flexibility index (Phi) is 3.42. The highest BCUT2D eigenvalue weighted by atomic mass is 16.3. The van der Waals surface area contributed by atoms with Gasteiger partial charge < -0.3 is 14.6 Å². The molecule has 1 aliphatic heterocycles. The van der Waals surface area contributed by atoms with Gasteiger partial charge in [-0.05, 0) is 24.3 Å². The lowest BCUT2D eigenvalue weighted by atomic mass is 10.1. The van der Waals surface area contributed by atoms with Gasteiger partial charge in [-0.25, -0.2) is 4.98 Å². The number of anilines is 1. The van der Waals surface area contributed by atoms with E-state index in [4.69, 9.17) is 9.40 Å². The van der Waals surface area contributed by atoms with Crippen LogP contribution in [-0.4, -0.2) is 31.2 Å². The van der Waals surface area contributed by atoms with Gasteiger partial charge in [0.1, 0.15) is 17.2 Å². The quantitative estimate of drug-likeness (QED) is 0.602. The summed E-state index contributed by atoms with van der Waals surface area (Å²) in [5.41, 5.74) is 3.00. The normalized spacial score (nSPS) is 15.1. The Labute approximate surface area is 146 Å². The molecule has 4 aromatic rings. The third-order valence-corrected chi connectivity index (χ3v) is 4.81. The molecule has 0 atom stereocenters. The first-order valence-electron chi connectivity index (χ1n) is 8.73. The summed E-state index contributed by atoms with van der Waals surface area (Å²) in [6, 6.07) is 20.7. The van der Waals surface area contributed by atoms with Crippen LogP contribution >= 0.6 is 0 Å². The van der Waals surface area contributed by atoms with Crippen molar-refractivity contribution in [1.82, 2.24) is 10.3 Å². The van der Waals surface area contributed by atoms with Crippen molar-refractivity contribution in [3.05, 3.63) is 60.7 Å². The molecule has 1 aliphatic rings. The summed E-state index contributed by atoms with van der Waals surface area (Å²) in [4.78, 5) is 7.34. The summed E-state index contributed by atoms with van der Waals surface area (Å²) < 4.78 is 6.15. The van der Waals surface area contributed by atoms with Crippen LogP contribution in [0.2, 0.25) is 0 Å². The van der Waals surface area contributed by atoms with E-state index < -0.39 is 0 Å². The standard InChI is InChI=1S/C21H19N3O/c1-3-7-18-15(5-1)13-17(21(23-18)24-11-9-22-10-12-24)20-14-16-6-2-4-8-19(16)25-20/h1-8,13-14,22H,9-12H2. The molecule has 25 heavy (non-hydrogen) atoms. The second kappa shape index (κ2) is 5.90. The largest absolute Gasteiger partial charge is 0.456 e. The van der Waals surface area contributed by atoms with Gasteiger partial charge in [0.25, 0.3) is 0 Å². The van der Waals surface area contributed by atoms with Crippen LogP contribution in [0, 0.1) is 0 Å². The van der Waals surface area contributed by atoms with Crippen LogP contribution in [-0.2, 0) is 0 Å². The maximum absolute atomic E-state index is 6.15. The highest BCUT2D eigenvalue weighted by molar-refractivity contribution is 5.91. The molecular weight excluding hydrogens is 310 g/mol. The SMILES string of the molecule is c1ccc2nc(N3CCNCC3)c(-c3cc4ccccc4o3)cc2c1. The number of hydrogen-bond donors (Lipinski definition) is 1. The number of nitrogens with zero attached hydrogens (tertiary/aromatic N) is 2. The molecule has 2 aromatic heterocycles. The van der Waals surface area contributed by atoms with Gasteiger partial charge in [0, 0.05) is 37.0 Å². The van der Waals surface area contributed by atoms with Crippen molar-refractivity contribution in [1.29, 1.82) is 0 Å². The zero-order chi connectivity index (χ0) is 16.6. The van der Waals surface area contributed by atoms with Gasteiger partial charge in [0.05, 0.1) is 11.1 Å². The van der Waals surface area contributed by atoms with Gasteiger partial charge in [-0.2, -0.15) is 0 Å². The van der Waals surface area contributed by atoms with Crippen LogP contribution in [0.25, 0.3) is 33.2 Å². The van der Waals surface area contributed by atoms with E-state index in [0.29, 0.717) is 0 Å². The van der Waals surface area contributed by atoms with Gasteiger partial charge >= 0.3 is 0 Å². The first kappa shape index (κ1) is 14.5. The third kappa shape index (κ3) is 2.55. The molecule has 0 radical (unpaired) electrons. The van der Waals surface area contributed by atoms with Crippen LogP contribution < -0.4 is 10.2 Å². The lowest BCUT2D eigenvalue weighted by Crippen LogP contribution is -2.44. The number of benzene rings is 2. The molecule has 1 fully saturated rings. The number of hydrogen-bond acceptors (Lipinski definition) is 4. The second-order valence-corrected chi connectivity index (χ2v) is 6.44. The summed E-state index contributed by atoms with van der Waals surface area (Å²) in [5.74, 6) is 1.90. The predicted octanol–water partition coefficient (Wildman–Crippen LogP) is 4.06. The first-order chi connectivity index (χ1) is 12.4. The number of rotatable bonds is 2. The summed E-state index contributed by atoms with van der Waals surface area (Å²) in [6.07, 6.45) is 0. The highest BCUT2D eigenvalue weighted by Crippen LogP contribution is 2.35. The van der Waals surface area contributed by atoms with E-state index in [2.05, 4.69) is 46.6 Å². The van der Waals surface area contributed by atoms with Crippen molar-refractivity contribution < 1.29 is 4.42 Å². The Balaban J connectivity index is 1.73. The Hall–Kier alpha value is -2.85. The van der Waals surface area contributed by atoms with Gasteiger partial charge in [0.15, 0.2) is 0 Å². The average molecular weight is 329 g/mol. The Morgan fingerprint density at radius 3 is 2.48 bits per heavy atom. The zero-order valence-corrected chi connectivity index (χ0v) is 13.9. The Morgan fingerprint density at radius 2 is 1.64 bits per heavy atom.